The lowest BCUT2D eigenvalue weighted by atomic mass is 9.97. The number of hydrogen-bond acceptors (Lipinski definition) is 7. The average Bonchev–Trinajstić information content (AvgIpc) is 3.23. The molecule has 0 radical (unpaired) electrons. The van der Waals surface area contributed by atoms with Gasteiger partial charge in [-0.15, -0.1) is 0 Å². The standard InChI is InChI=1S/C16H20N6O/c1-21(15-19-4-2-5-20-15)13-9-16(23-11-13)3-8-22(12-16)14-10-17-6-7-18-14/h2,4-7,10,13H,3,8-9,11-12H2,1H3/t13-,16-/m1/s1. The highest BCUT2D eigenvalue weighted by molar-refractivity contribution is 5.39. The summed E-state index contributed by atoms with van der Waals surface area (Å²) in [5.41, 5.74) is -0.0920. The van der Waals surface area contributed by atoms with E-state index in [2.05, 4.69) is 29.7 Å². The van der Waals surface area contributed by atoms with Crippen molar-refractivity contribution in [2.75, 3.05) is 36.5 Å². The second kappa shape index (κ2) is 5.73. The summed E-state index contributed by atoms with van der Waals surface area (Å²) in [6, 6.07) is 2.14. The normalized spacial score (nSPS) is 26.8. The lowest BCUT2D eigenvalue weighted by Crippen LogP contribution is -2.37. The summed E-state index contributed by atoms with van der Waals surface area (Å²) in [6.07, 6.45) is 10.8. The van der Waals surface area contributed by atoms with Gasteiger partial charge in [0.2, 0.25) is 5.95 Å². The molecule has 0 unspecified atom stereocenters. The van der Waals surface area contributed by atoms with Crippen LogP contribution in [0, 0.1) is 0 Å². The first-order chi connectivity index (χ1) is 11.3. The van der Waals surface area contributed by atoms with E-state index >= 15 is 0 Å². The van der Waals surface area contributed by atoms with Crippen LogP contribution in [0.3, 0.4) is 0 Å². The Morgan fingerprint density at radius 3 is 2.87 bits per heavy atom. The van der Waals surface area contributed by atoms with E-state index in [1.165, 1.54) is 0 Å². The molecule has 4 rings (SSSR count). The quantitative estimate of drug-likeness (QED) is 0.842. The first-order valence-electron chi connectivity index (χ1n) is 7.91. The van der Waals surface area contributed by atoms with E-state index in [1.54, 1.807) is 24.8 Å². The zero-order chi connectivity index (χ0) is 15.7. The van der Waals surface area contributed by atoms with Crippen LogP contribution in [0.25, 0.3) is 0 Å². The van der Waals surface area contributed by atoms with Gasteiger partial charge in [-0.05, 0) is 12.5 Å². The van der Waals surface area contributed by atoms with Crippen LogP contribution in [-0.4, -0.2) is 58.3 Å². The minimum Gasteiger partial charge on any atom is -0.371 e. The van der Waals surface area contributed by atoms with Crippen molar-refractivity contribution in [2.45, 2.75) is 24.5 Å². The van der Waals surface area contributed by atoms with Crippen LogP contribution in [0.5, 0.6) is 0 Å². The Hall–Kier alpha value is -2.28. The molecule has 2 aromatic heterocycles. The maximum Gasteiger partial charge on any atom is 0.225 e. The van der Waals surface area contributed by atoms with Crippen molar-refractivity contribution in [3.63, 3.8) is 0 Å². The Morgan fingerprint density at radius 1 is 1.22 bits per heavy atom. The molecule has 0 N–H and O–H groups in total. The molecule has 23 heavy (non-hydrogen) atoms. The summed E-state index contributed by atoms with van der Waals surface area (Å²) in [7, 11) is 2.04. The van der Waals surface area contributed by atoms with Crippen LogP contribution in [0.4, 0.5) is 11.8 Å². The summed E-state index contributed by atoms with van der Waals surface area (Å²) in [5.74, 6) is 1.68. The third-order valence-electron chi connectivity index (χ3n) is 4.79. The Kier molecular flexibility index (Phi) is 3.57. The van der Waals surface area contributed by atoms with E-state index in [9.17, 15) is 0 Å². The molecule has 2 aromatic rings. The van der Waals surface area contributed by atoms with Gasteiger partial charge in [-0.25, -0.2) is 15.0 Å². The van der Waals surface area contributed by atoms with E-state index in [-0.39, 0.29) is 5.60 Å². The van der Waals surface area contributed by atoms with Crippen LogP contribution < -0.4 is 9.80 Å². The first-order valence-corrected chi connectivity index (χ1v) is 7.91. The number of anilines is 2. The third kappa shape index (κ3) is 2.72. The van der Waals surface area contributed by atoms with Gasteiger partial charge in [0.15, 0.2) is 0 Å². The minimum absolute atomic E-state index is 0.0920. The Bertz CT molecular complexity index is 654. The summed E-state index contributed by atoms with van der Waals surface area (Å²) < 4.78 is 6.22. The van der Waals surface area contributed by atoms with Crippen LogP contribution in [-0.2, 0) is 4.74 Å². The minimum atomic E-state index is -0.0920. The molecule has 0 aromatic carbocycles. The van der Waals surface area contributed by atoms with Crippen molar-refractivity contribution in [2.24, 2.45) is 0 Å². The maximum atomic E-state index is 6.22. The summed E-state index contributed by atoms with van der Waals surface area (Å²) in [6.45, 7) is 2.53. The van der Waals surface area contributed by atoms with E-state index in [0.717, 1.165) is 37.7 Å². The molecule has 1 spiro atoms. The summed E-state index contributed by atoms with van der Waals surface area (Å²) in [4.78, 5) is 21.6. The molecular formula is C16H20N6O. The molecular weight excluding hydrogens is 292 g/mol. The molecule has 7 heteroatoms. The molecule has 2 saturated heterocycles. The molecule has 2 fully saturated rings. The van der Waals surface area contributed by atoms with Crippen LogP contribution in [0.2, 0.25) is 0 Å². The molecule has 120 valence electrons. The smallest absolute Gasteiger partial charge is 0.225 e. The van der Waals surface area contributed by atoms with Crippen LogP contribution in [0.15, 0.2) is 37.1 Å². The summed E-state index contributed by atoms with van der Waals surface area (Å²) in [5, 5.41) is 0. The van der Waals surface area contributed by atoms with Gasteiger partial charge >= 0.3 is 0 Å². The van der Waals surface area contributed by atoms with E-state index in [1.807, 2.05) is 19.3 Å². The van der Waals surface area contributed by atoms with Gasteiger partial charge in [0.1, 0.15) is 5.82 Å². The van der Waals surface area contributed by atoms with Crippen molar-refractivity contribution in [3.05, 3.63) is 37.1 Å². The number of hydrogen-bond donors (Lipinski definition) is 0. The maximum absolute atomic E-state index is 6.22. The van der Waals surface area contributed by atoms with Crippen LogP contribution in [0.1, 0.15) is 12.8 Å². The number of rotatable bonds is 3. The van der Waals surface area contributed by atoms with E-state index in [4.69, 9.17) is 4.74 Å². The molecule has 0 aliphatic carbocycles. The zero-order valence-corrected chi connectivity index (χ0v) is 13.2. The van der Waals surface area contributed by atoms with Gasteiger partial charge in [0, 0.05) is 51.3 Å². The molecule has 2 aliphatic rings. The summed E-state index contributed by atoms with van der Waals surface area (Å²) >= 11 is 0. The Balaban J connectivity index is 1.44. The highest BCUT2D eigenvalue weighted by Crippen LogP contribution is 2.38. The number of likely N-dealkylation sites (N-methyl/N-ethyl adjacent to an activating group) is 1. The molecule has 0 amide bonds. The van der Waals surface area contributed by atoms with Crippen molar-refractivity contribution >= 4 is 11.8 Å². The van der Waals surface area contributed by atoms with Crippen molar-refractivity contribution in [1.82, 2.24) is 19.9 Å². The van der Waals surface area contributed by atoms with Crippen LogP contribution >= 0.6 is 0 Å². The zero-order valence-electron chi connectivity index (χ0n) is 13.2. The Morgan fingerprint density at radius 2 is 2.09 bits per heavy atom. The average molecular weight is 312 g/mol. The van der Waals surface area contributed by atoms with Gasteiger partial charge in [-0.2, -0.15) is 0 Å². The first kappa shape index (κ1) is 14.3. The number of aromatic nitrogens is 4. The molecule has 2 atom stereocenters. The van der Waals surface area contributed by atoms with E-state index in [0.29, 0.717) is 12.6 Å². The lowest BCUT2D eigenvalue weighted by Gasteiger charge is -2.26. The van der Waals surface area contributed by atoms with E-state index < -0.39 is 0 Å². The Labute approximate surface area is 135 Å². The van der Waals surface area contributed by atoms with Gasteiger partial charge < -0.3 is 14.5 Å². The monoisotopic (exact) mass is 312 g/mol. The molecule has 7 nitrogen and oxygen atoms in total. The van der Waals surface area contributed by atoms with Gasteiger partial charge in [0.05, 0.1) is 24.4 Å². The highest BCUT2D eigenvalue weighted by Gasteiger charge is 2.47. The van der Waals surface area contributed by atoms with Gasteiger partial charge in [-0.3, -0.25) is 4.98 Å². The van der Waals surface area contributed by atoms with Crippen molar-refractivity contribution in [1.29, 1.82) is 0 Å². The number of ether oxygens (including phenoxy) is 1. The SMILES string of the molecule is CN(c1ncccn1)[C@H]1CO[C@]2(CCN(c3cnccn3)C2)C1. The topological polar surface area (TPSA) is 67.3 Å². The number of nitrogens with zero attached hydrogens (tertiary/aromatic N) is 6. The predicted octanol–water partition coefficient (Wildman–Crippen LogP) is 1.14. The van der Waals surface area contributed by atoms with Crippen molar-refractivity contribution in [3.8, 4) is 0 Å². The lowest BCUT2D eigenvalue weighted by molar-refractivity contribution is 0.0226. The second-order valence-electron chi connectivity index (χ2n) is 6.25. The predicted molar refractivity (Wildman–Crippen MR) is 86.4 cm³/mol. The molecule has 0 saturated carbocycles. The molecule has 2 aliphatic heterocycles. The molecule has 0 bridgehead atoms. The fourth-order valence-electron chi connectivity index (χ4n) is 3.48. The third-order valence-corrected chi connectivity index (χ3v) is 4.79. The highest BCUT2D eigenvalue weighted by atomic mass is 16.5. The fourth-order valence-corrected chi connectivity index (χ4v) is 3.48. The van der Waals surface area contributed by atoms with Gasteiger partial charge in [-0.1, -0.05) is 0 Å². The van der Waals surface area contributed by atoms with Crippen molar-refractivity contribution < 1.29 is 4.74 Å². The largest absolute Gasteiger partial charge is 0.371 e. The second-order valence-corrected chi connectivity index (χ2v) is 6.25. The molecule has 4 heterocycles. The van der Waals surface area contributed by atoms with Gasteiger partial charge in [0.25, 0.3) is 0 Å². The fraction of sp³-hybridized carbons (Fsp3) is 0.500.